The summed E-state index contributed by atoms with van der Waals surface area (Å²) in [5.41, 5.74) is 2.65. The van der Waals surface area contributed by atoms with E-state index in [0.29, 0.717) is 10.6 Å². The first-order chi connectivity index (χ1) is 12.4. The molecule has 0 aromatic heterocycles. The molecule has 6 nitrogen and oxygen atoms in total. The van der Waals surface area contributed by atoms with Crippen LogP contribution in [0, 0.1) is 6.92 Å². The van der Waals surface area contributed by atoms with Crippen LogP contribution in [0.3, 0.4) is 0 Å². The van der Waals surface area contributed by atoms with E-state index in [1.165, 1.54) is 13.2 Å². The van der Waals surface area contributed by atoms with Crippen molar-refractivity contribution in [2.75, 3.05) is 20.3 Å². The maximum absolute atomic E-state index is 11.3. The van der Waals surface area contributed by atoms with Crippen molar-refractivity contribution in [3.05, 3.63) is 69.7 Å². The maximum atomic E-state index is 11.3. The molecule has 1 amide bonds. The molecule has 0 saturated carbocycles. The van der Waals surface area contributed by atoms with Crippen molar-refractivity contribution in [3.8, 4) is 0 Å². The van der Waals surface area contributed by atoms with E-state index in [1.54, 1.807) is 30.3 Å². The van der Waals surface area contributed by atoms with Gasteiger partial charge in [0.2, 0.25) is 0 Å². The number of aromatic carboxylic acids is 1. The second-order valence-electron chi connectivity index (χ2n) is 5.60. The van der Waals surface area contributed by atoms with E-state index in [4.69, 9.17) is 16.3 Å². The number of aryl methyl sites for hydroxylation is 1. The number of hydrogen-bond acceptors (Lipinski definition) is 4. The Morgan fingerprint density at radius 3 is 2.69 bits per heavy atom. The molecule has 26 heavy (non-hydrogen) atoms. The molecule has 0 aliphatic rings. The number of benzene rings is 2. The number of halogens is 1. The summed E-state index contributed by atoms with van der Waals surface area (Å²) in [6.07, 6.45) is -1.07. The highest BCUT2D eigenvalue weighted by Crippen LogP contribution is 2.31. The smallest absolute Gasteiger partial charge is 0.406 e. The van der Waals surface area contributed by atoms with Gasteiger partial charge in [-0.3, -0.25) is 0 Å². The molecule has 0 radical (unpaired) electrons. The number of nitrogens with one attached hydrogen (secondary N) is 1. The number of methoxy groups -OCH3 is 1. The molecule has 2 aromatic carbocycles. The zero-order valence-electron chi connectivity index (χ0n) is 14.5. The predicted molar refractivity (Wildman–Crippen MR) is 97.8 cm³/mol. The van der Waals surface area contributed by atoms with Gasteiger partial charge in [-0.05, 0) is 47.9 Å². The van der Waals surface area contributed by atoms with Crippen molar-refractivity contribution in [1.29, 1.82) is 0 Å². The van der Waals surface area contributed by atoms with Gasteiger partial charge in [-0.25, -0.2) is 9.59 Å². The van der Waals surface area contributed by atoms with Gasteiger partial charge in [0.25, 0.3) is 0 Å². The van der Waals surface area contributed by atoms with Gasteiger partial charge in [-0.1, -0.05) is 29.8 Å². The third-order valence-corrected chi connectivity index (χ3v) is 4.04. The van der Waals surface area contributed by atoms with E-state index < -0.39 is 18.2 Å². The van der Waals surface area contributed by atoms with Crippen molar-refractivity contribution in [1.82, 2.24) is 5.32 Å². The van der Waals surface area contributed by atoms with Crippen LogP contribution in [0.4, 0.5) is 4.79 Å². The van der Waals surface area contributed by atoms with Gasteiger partial charge in [0, 0.05) is 11.6 Å². The van der Waals surface area contributed by atoms with E-state index in [2.05, 4.69) is 10.1 Å². The number of carboxylic acid groups (broad SMARTS) is 1. The maximum Gasteiger partial charge on any atom is 0.406 e. The van der Waals surface area contributed by atoms with Crippen LogP contribution in [-0.2, 0) is 9.47 Å². The number of carbonyl (C=O) groups excluding carboxylic acids is 1. The normalized spacial score (nSPS) is 11.7. The lowest BCUT2D eigenvalue weighted by Crippen LogP contribution is -2.27. The summed E-state index contributed by atoms with van der Waals surface area (Å²) in [5.74, 6) is -1.01. The third-order valence-electron chi connectivity index (χ3n) is 3.80. The lowest BCUT2D eigenvalue weighted by molar-refractivity contribution is 0.0693. The number of alkyl carbamates (subject to hydrolysis) is 1. The molecule has 0 bridgehead atoms. The minimum Gasteiger partial charge on any atom is -0.478 e. The highest BCUT2D eigenvalue weighted by atomic mass is 35.5. The fourth-order valence-electron chi connectivity index (χ4n) is 2.50. The highest BCUT2D eigenvalue weighted by molar-refractivity contribution is 6.30. The third kappa shape index (κ3) is 5.21. The summed E-state index contributed by atoms with van der Waals surface area (Å²) in [7, 11) is 1.28. The molecule has 138 valence electrons. The Kier molecular flexibility index (Phi) is 7.00. The topological polar surface area (TPSA) is 84.9 Å². The minimum atomic E-state index is -1.01. The molecule has 0 saturated heterocycles. The molecule has 2 N–H and O–H groups in total. The van der Waals surface area contributed by atoms with Crippen molar-refractivity contribution >= 4 is 23.7 Å². The van der Waals surface area contributed by atoms with Gasteiger partial charge < -0.3 is 19.9 Å². The Hall–Kier alpha value is -2.57. The largest absolute Gasteiger partial charge is 0.478 e. The first-order valence-electron chi connectivity index (χ1n) is 7.95. The Balaban J connectivity index is 2.29. The number of carboxylic acids is 1. The lowest BCUT2D eigenvalue weighted by atomic mass is 9.96. The summed E-state index contributed by atoms with van der Waals surface area (Å²) < 4.78 is 10.5. The van der Waals surface area contributed by atoms with Gasteiger partial charge in [0.05, 0.1) is 19.3 Å². The number of carbonyl (C=O) groups is 2. The van der Waals surface area contributed by atoms with Gasteiger partial charge >= 0.3 is 12.1 Å². The SMILES string of the molecule is COC(=O)NCCO[C@H](c1cccc(C(=O)O)c1)c1cc(Cl)ccc1C. The summed E-state index contributed by atoms with van der Waals surface area (Å²) in [6, 6.07) is 12.0. The van der Waals surface area contributed by atoms with Crippen LogP contribution < -0.4 is 5.32 Å². The fraction of sp³-hybridized carbons (Fsp3) is 0.263. The Labute approximate surface area is 156 Å². The standard InChI is InChI=1S/C19H20ClNO5/c1-12-6-7-15(20)11-16(12)17(26-9-8-21-19(24)25-2)13-4-3-5-14(10-13)18(22)23/h3-7,10-11,17H,8-9H2,1-2H3,(H,21,24)(H,22,23)/t17-/m1/s1. The first-order valence-corrected chi connectivity index (χ1v) is 8.33. The average molecular weight is 378 g/mol. The van der Waals surface area contributed by atoms with Crippen molar-refractivity contribution in [2.45, 2.75) is 13.0 Å². The van der Waals surface area contributed by atoms with Gasteiger partial charge in [-0.15, -0.1) is 0 Å². The van der Waals surface area contributed by atoms with E-state index in [1.807, 2.05) is 13.0 Å². The summed E-state index contributed by atoms with van der Waals surface area (Å²) in [5, 5.41) is 12.3. The van der Waals surface area contributed by atoms with Gasteiger partial charge in [0.15, 0.2) is 0 Å². The second kappa shape index (κ2) is 9.22. The molecule has 0 spiro atoms. The molecular weight excluding hydrogens is 358 g/mol. The monoisotopic (exact) mass is 377 g/mol. The van der Waals surface area contributed by atoms with Crippen LogP contribution in [0.2, 0.25) is 5.02 Å². The Bertz CT molecular complexity index is 793. The summed E-state index contributed by atoms with van der Waals surface area (Å²) in [4.78, 5) is 22.4. The van der Waals surface area contributed by atoms with Crippen LogP contribution in [0.5, 0.6) is 0 Å². The van der Waals surface area contributed by atoms with E-state index in [0.717, 1.165) is 11.1 Å². The average Bonchev–Trinajstić information content (AvgIpc) is 2.64. The molecular formula is C19H20ClNO5. The first kappa shape index (κ1) is 19.8. The molecule has 2 rings (SSSR count). The van der Waals surface area contributed by atoms with Crippen molar-refractivity contribution in [2.24, 2.45) is 0 Å². The molecule has 0 fully saturated rings. The van der Waals surface area contributed by atoms with Gasteiger partial charge in [0.1, 0.15) is 6.10 Å². The second-order valence-corrected chi connectivity index (χ2v) is 6.04. The minimum absolute atomic E-state index is 0.170. The van der Waals surface area contributed by atoms with E-state index >= 15 is 0 Å². The quantitative estimate of drug-likeness (QED) is 0.717. The fourth-order valence-corrected chi connectivity index (χ4v) is 2.68. The Morgan fingerprint density at radius 1 is 1.23 bits per heavy atom. The van der Waals surface area contributed by atoms with Crippen LogP contribution in [0.25, 0.3) is 0 Å². The number of ether oxygens (including phenoxy) is 2. The van der Waals surface area contributed by atoms with Crippen molar-refractivity contribution in [3.63, 3.8) is 0 Å². The summed E-state index contributed by atoms with van der Waals surface area (Å²) >= 11 is 6.13. The molecule has 0 aliphatic heterocycles. The zero-order valence-corrected chi connectivity index (χ0v) is 15.2. The molecule has 7 heteroatoms. The number of rotatable bonds is 7. The number of hydrogen-bond donors (Lipinski definition) is 2. The highest BCUT2D eigenvalue weighted by Gasteiger charge is 2.19. The Morgan fingerprint density at radius 2 is 2.00 bits per heavy atom. The molecule has 0 heterocycles. The van der Waals surface area contributed by atoms with E-state index in [-0.39, 0.29) is 18.7 Å². The molecule has 0 unspecified atom stereocenters. The zero-order chi connectivity index (χ0) is 19.1. The molecule has 0 aliphatic carbocycles. The van der Waals surface area contributed by atoms with Crippen molar-refractivity contribution < 1.29 is 24.2 Å². The predicted octanol–water partition coefficient (Wildman–Crippen LogP) is 3.81. The summed E-state index contributed by atoms with van der Waals surface area (Å²) in [6.45, 7) is 2.39. The van der Waals surface area contributed by atoms with Crippen LogP contribution >= 0.6 is 11.6 Å². The van der Waals surface area contributed by atoms with Crippen LogP contribution in [0.1, 0.15) is 33.2 Å². The van der Waals surface area contributed by atoms with Crippen LogP contribution in [0.15, 0.2) is 42.5 Å². The lowest BCUT2D eigenvalue weighted by Gasteiger charge is -2.21. The van der Waals surface area contributed by atoms with Crippen LogP contribution in [-0.4, -0.2) is 37.4 Å². The molecule has 1 atom stereocenters. The number of amides is 1. The van der Waals surface area contributed by atoms with Gasteiger partial charge in [-0.2, -0.15) is 0 Å². The molecule has 2 aromatic rings. The van der Waals surface area contributed by atoms with E-state index in [9.17, 15) is 14.7 Å².